The number of hydrogen-bond acceptors (Lipinski definition) is 2. The van der Waals surface area contributed by atoms with Crippen molar-refractivity contribution in [2.24, 2.45) is 0 Å². The highest BCUT2D eigenvalue weighted by Gasteiger charge is 2.22. The zero-order chi connectivity index (χ0) is 10.6. The monoisotopic (exact) mass is 310 g/mol. The number of likely N-dealkylation sites (tertiary alicyclic amines) is 1. The van der Waals surface area contributed by atoms with Crippen molar-refractivity contribution in [1.29, 1.82) is 0 Å². The maximum Gasteiger partial charge on any atom is 0.223 e. The van der Waals surface area contributed by atoms with Crippen molar-refractivity contribution in [3.8, 4) is 0 Å². The molecule has 0 saturated carbocycles. The molecule has 0 spiro atoms. The number of alkyl halides is 1. The van der Waals surface area contributed by atoms with Gasteiger partial charge >= 0.3 is 0 Å². The third-order valence-corrected chi connectivity index (χ3v) is 3.40. The summed E-state index contributed by atoms with van der Waals surface area (Å²) < 4.78 is 0.935. The Labute approximate surface area is 100.0 Å². The predicted molar refractivity (Wildman–Crippen MR) is 66.8 cm³/mol. The van der Waals surface area contributed by atoms with E-state index >= 15 is 0 Å². The molecule has 1 fully saturated rings. The Balaban J connectivity index is 2.31. The molecule has 1 aliphatic heterocycles. The van der Waals surface area contributed by atoms with Gasteiger partial charge in [-0.1, -0.05) is 22.6 Å². The molecule has 1 heterocycles. The minimum atomic E-state index is 0.330. The predicted octanol–water partition coefficient (Wildman–Crippen LogP) is 1.36. The van der Waals surface area contributed by atoms with Gasteiger partial charge in [0.15, 0.2) is 0 Å². The summed E-state index contributed by atoms with van der Waals surface area (Å²) in [5, 5.41) is 0. The van der Waals surface area contributed by atoms with E-state index in [4.69, 9.17) is 0 Å². The van der Waals surface area contributed by atoms with Crippen LogP contribution in [0.1, 0.15) is 19.3 Å². The fraction of sp³-hybridized carbons (Fsp3) is 0.900. The second kappa shape index (κ2) is 5.90. The standard InChI is InChI=1S/C10H19IN2O/c1-12(2)9-4-7-13(8-5-9)10(14)3-6-11/h9H,3-8H2,1-2H3. The fourth-order valence-corrected chi connectivity index (χ4v) is 2.33. The van der Waals surface area contributed by atoms with Gasteiger partial charge in [0, 0.05) is 30.0 Å². The molecule has 82 valence electrons. The van der Waals surface area contributed by atoms with E-state index in [1.54, 1.807) is 0 Å². The number of nitrogens with zero attached hydrogens (tertiary/aromatic N) is 2. The van der Waals surface area contributed by atoms with Crippen LogP contribution in [0, 0.1) is 0 Å². The van der Waals surface area contributed by atoms with Gasteiger partial charge in [-0.05, 0) is 26.9 Å². The number of piperidine rings is 1. The van der Waals surface area contributed by atoms with Crippen molar-refractivity contribution in [2.75, 3.05) is 31.6 Å². The smallest absolute Gasteiger partial charge is 0.223 e. The van der Waals surface area contributed by atoms with E-state index in [9.17, 15) is 4.79 Å². The molecule has 1 saturated heterocycles. The highest BCUT2D eigenvalue weighted by atomic mass is 127. The third-order valence-electron chi connectivity index (χ3n) is 2.86. The Morgan fingerprint density at radius 3 is 2.43 bits per heavy atom. The molecule has 0 bridgehead atoms. The molecule has 0 aromatic carbocycles. The summed E-state index contributed by atoms with van der Waals surface area (Å²) in [6.07, 6.45) is 2.95. The molecule has 1 aliphatic rings. The molecule has 0 N–H and O–H groups in total. The molecule has 1 amide bonds. The summed E-state index contributed by atoms with van der Waals surface area (Å²) in [6.45, 7) is 1.89. The Morgan fingerprint density at radius 1 is 1.43 bits per heavy atom. The molecule has 0 radical (unpaired) electrons. The molecule has 0 aromatic heterocycles. The molecule has 3 nitrogen and oxygen atoms in total. The Morgan fingerprint density at radius 2 is 2.00 bits per heavy atom. The largest absolute Gasteiger partial charge is 0.343 e. The van der Waals surface area contributed by atoms with E-state index in [-0.39, 0.29) is 0 Å². The third kappa shape index (κ3) is 3.38. The summed E-state index contributed by atoms with van der Waals surface area (Å²) in [4.78, 5) is 15.9. The number of carbonyl (C=O) groups is 1. The maximum absolute atomic E-state index is 11.6. The average Bonchev–Trinajstić information content (AvgIpc) is 2.18. The fourth-order valence-electron chi connectivity index (χ4n) is 1.87. The van der Waals surface area contributed by atoms with Crippen LogP contribution in [0.15, 0.2) is 0 Å². The SMILES string of the molecule is CN(C)C1CCN(C(=O)CCI)CC1. The Kier molecular flexibility index (Phi) is 5.15. The van der Waals surface area contributed by atoms with Crippen molar-refractivity contribution >= 4 is 28.5 Å². The first-order valence-electron chi connectivity index (χ1n) is 5.15. The van der Waals surface area contributed by atoms with Crippen LogP contribution in [-0.4, -0.2) is 53.4 Å². The second-order valence-electron chi connectivity index (χ2n) is 4.01. The lowest BCUT2D eigenvalue weighted by molar-refractivity contribution is -0.132. The zero-order valence-electron chi connectivity index (χ0n) is 9.00. The van der Waals surface area contributed by atoms with Crippen LogP contribution < -0.4 is 0 Å². The lowest BCUT2D eigenvalue weighted by Gasteiger charge is -2.35. The lowest BCUT2D eigenvalue weighted by atomic mass is 10.0. The lowest BCUT2D eigenvalue weighted by Crippen LogP contribution is -2.44. The molecular formula is C10H19IN2O. The number of amides is 1. The topological polar surface area (TPSA) is 23.6 Å². The first-order valence-corrected chi connectivity index (χ1v) is 6.68. The van der Waals surface area contributed by atoms with Crippen molar-refractivity contribution in [3.63, 3.8) is 0 Å². The van der Waals surface area contributed by atoms with Gasteiger partial charge in [0.25, 0.3) is 0 Å². The molecule has 1 rings (SSSR count). The highest BCUT2D eigenvalue weighted by Crippen LogP contribution is 2.14. The van der Waals surface area contributed by atoms with Gasteiger partial charge in [-0.15, -0.1) is 0 Å². The summed E-state index contributed by atoms with van der Waals surface area (Å²) in [6, 6.07) is 0.665. The van der Waals surface area contributed by atoms with Gasteiger partial charge in [0.05, 0.1) is 0 Å². The number of halogens is 1. The molecule has 14 heavy (non-hydrogen) atoms. The van der Waals surface area contributed by atoms with Crippen LogP contribution in [0.3, 0.4) is 0 Å². The van der Waals surface area contributed by atoms with Crippen LogP contribution in [-0.2, 0) is 4.79 Å². The van der Waals surface area contributed by atoms with Crippen molar-refractivity contribution in [1.82, 2.24) is 9.80 Å². The highest BCUT2D eigenvalue weighted by molar-refractivity contribution is 14.1. The summed E-state index contributed by atoms with van der Waals surface area (Å²) >= 11 is 2.26. The van der Waals surface area contributed by atoms with E-state index < -0.39 is 0 Å². The van der Waals surface area contributed by atoms with E-state index in [0.29, 0.717) is 18.4 Å². The van der Waals surface area contributed by atoms with Crippen molar-refractivity contribution in [2.45, 2.75) is 25.3 Å². The Hall–Kier alpha value is 0.160. The van der Waals surface area contributed by atoms with Crippen molar-refractivity contribution in [3.05, 3.63) is 0 Å². The van der Waals surface area contributed by atoms with E-state index in [2.05, 4.69) is 41.6 Å². The minimum Gasteiger partial charge on any atom is -0.343 e. The Bertz CT molecular complexity index is 189. The van der Waals surface area contributed by atoms with Gasteiger partial charge in [-0.3, -0.25) is 4.79 Å². The van der Waals surface area contributed by atoms with E-state index in [1.165, 1.54) is 0 Å². The van der Waals surface area contributed by atoms with Gasteiger partial charge in [-0.2, -0.15) is 0 Å². The van der Waals surface area contributed by atoms with E-state index in [0.717, 1.165) is 30.4 Å². The van der Waals surface area contributed by atoms with Gasteiger partial charge in [0.1, 0.15) is 0 Å². The molecular weight excluding hydrogens is 291 g/mol. The number of carbonyl (C=O) groups excluding carboxylic acids is 1. The first-order chi connectivity index (χ1) is 6.65. The summed E-state index contributed by atoms with van der Waals surface area (Å²) in [7, 11) is 4.24. The summed E-state index contributed by atoms with van der Waals surface area (Å²) in [5.41, 5.74) is 0. The average molecular weight is 310 g/mol. The van der Waals surface area contributed by atoms with Gasteiger partial charge in [-0.25, -0.2) is 0 Å². The second-order valence-corrected chi connectivity index (χ2v) is 5.09. The van der Waals surface area contributed by atoms with Gasteiger partial charge in [0.2, 0.25) is 5.91 Å². The zero-order valence-corrected chi connectivity index (χ0v) is 11.2. The molecule has 0 aromatic rings. The van der Waals surface area contributed by atoms with Crippen LogP contribution in [0.2, 0.25) is 0 Å². The van der Waals surface area contributed by atoms with Crippen molar-refractivity contribution < 1.29 is 4.79 Å². The van der Waals surface area contributed by atoms with Gasteiger partial charge < -0.3 is 9.80 Å². The molecule has 0 aliphatic carbocycles. The summed E-state index contributed by atoms with van der Waals surface area (Å²) in [5.74, 6) is 0.330. The minimum absolute atomic E-state index is 0.330. The molecule has 0 unspecified atom stereocenters. The first kappa shape index (κ1) is 12.2. The van der Waals surface area contributed by atoms with Crippen LogP contribution in [0.4, 0.5) is 0 Å². The van der Waals surface area contributed by atoms with Crippen LogP contribution in [0.5, 0.6) is 0 Å². The van der Waals surface area contributed by atoms with Crippen LogP contribution in [0.25, 0.3) is 0 Å². The molecule has 4 heteroatoms. The number of hydrogen-bond donors (Lipinski definition) is 0. The number of rotatable bonds is 3. The van der Waals surface area contributed by atoms with E-state index in [1.807, 2.05) is 4.90 Å². The molecule has 0 atom stereocenters. The maximum atomic E-state index is 11.6. The quantitative estimate of drug-likeness (QED) is 0.580. The normalized spacial score (nSPS) is 19.0. The van der Waals surface area contributed by atoms with Crippen LogP contribution >= 0.6 is 22.6 Å².